The SMILES string of the molecule is CCOC(=O)C(=Cc1cnc2ccccc2c1)C(=O)OCC. The van der Waals surface area contributed by atoms with Gasteiger partial charge in [-0.2, -0.15) is 0 Å². The number of carbonyl (C=O) groups excluding carboxylic acids is 2. The van der Waals surface area contributed by atoms with E-state index in [1.54, 1.807) is 20.0 Å². The van der Waals surface area contributed by atoms with E-state index in [9.17, 15) is 9.59 Å². The molecule has 0 radical (unpaired) electrons. The van der Waals surface area contributed by atoms with Gasteiger partial charge in [0, 0.05) is 11.6 Å². The summed E-state index contributed by atoms with van der Waals surface area (Å²) in [5, 5.41) is 0.920. The van der Waals surface area contributed by atoms with Crippen molar-refractivity contribution in [3.05, 3.63) is 47.7 Å². The quantitative estimate of drug-likeness (QED) is 0.367. The topological polar surface area (TPSA) is 65.5 Å². The zero-order valence-corrected chi connectivity index (χ0v) is 12.5. The molecule has 1 aromatic carbocycles. The lowest BCUT2D eigenvalue weighted by molar-refractivity contribution is -0.146. The van der Waals surface area contributed by atoms with Gasteiger partial charge in [-0.3, -0.25) is 4.98 Å². The van der Waals surface area contributed by atoms with Gasteiger partial charge in [0.05, 0.1) is 18.7 Å². The summed E-state index contributed by atoms with van der Waals surface area (Å²) in [6.07, 6.45) is 3.04. The van der Waals surface area contributed by atoms with Crippen LogP contribution in [0.5, 0.6) is 0 Å². The monoisotopic (exact) mass is 299 g/mol. The highest BCUT2D eigenvalue weighted by Gasteiger charge is 2.21. The Kier molecular flexibility index (Phi) is 5.25. The highest BCUT2D eigenvalue weighted by molar-refractivity contribution is 6.17. The van der Waals surface area contributed by atoms with Crippen LogP contribution in [0, 0.1) is 0 Å². The fourth-order valence-corrected chi connectivity index (χ4v) is 1.95. The van der Waals surface area contributed by atoms with Crippen LogP contribution in [0.2, 0.25) is 0 Å². The lowest BCUT2D eigenvalue weighted by Crippen LogP contribution is -2.18. The van der Waals surface area contributed by atoms with E-state index in [1.807, 2.05) is 30.3 Å². The minimum atomic E-state index is -0.700. The second-order valence-corrected chi connectivity index (χ2v) is 4.46. The Labute approximate surface area is 128 Å². The summed E-state index contributed by atoms with van der Waals surface area (Å²) in [6, 6.07) is 9.44. The molecule has 2 rings (SSSR count). The number of carbonyl (C=O) groups is 2. The molecule has 0 aliphatic carbocycles. The maximum Gasteiger partial charge on any atom is 0.345 e. The molecule has 22 heavy (non-hydrogen) atoms. The van der Waals surface area contributed by atoms with Gasteiger partial charge in [-0.15, -0.1) is 0 Å². The molecule has 0 spiro atoms. The zero-order valence-electron chi connectivity index (χ0n) is 12.5. The van der Waals surface area contributed by atoms with Gasteiger partial charge in [-0.25, -0.2) is 9.59 Å². The molecule has 0 atom stereocenters. The number of rotatable bonds is 5. The highest BCUT2D eigenvalue weighted by Crippen LogP contribution is 2.16. The number of aromatic nitrogens is 1. The van der Waals surface area contributed by atoms with Gasteiger partial charge in [0.1, 0.15) is 5.57 Å². The van der Waals surface area contributed by atoms with Crippen LogP contribution in [0.4, 0.5) is 0 Å². The van der Waals surface area contributed by atoms with E-state index in [0.29, 0.717) is 5.56 Å². The molecular weight excluding hydrogens is 282 g/mol. The summed E-state index contributed by atoms with van der Waals surface area (Å²) < 4.78 is 9.81. The largest absolute Gasteiger partial charge is 0.462 e. The van der Waals surface area contributed by atoms with E-state index in [1.165, 1.54) is 6.08 Å². The summed E-state index contributed by atoms with van der Waals surface area (Å²) in [5.74, 6) is -1.40. The molecule has 0 aliphatic rings. The number of ether oxygens (including phenoxy) is 2. The van der Waals surface area contributed by atoms with Gasteiger partial charge < -0.3 is 9.47 Å². The molecule has 0 amide bonds. The van der Waals surface area contributed by atoms with E-state index in [-0.39, 0.29) is 18.8 Å². The van der Waals surface area contributed by atoms with Crippen LogP contribution in [0.15, 0.2) is 42.1 Å². The van der Waals surface area contributed by atoms with Crippen molar-refractivity contribution in [2.24, 2.45) is 0 Å². The molecule has 5 heteroatoms. The van der Waals surface area contributed by atoms with E-state index in [2.05, 4.69) is 4.98 Å². The standard InChI is InChI=1S/C17H17NO4/c1-3-21-16(19)14(17(20)22-4-2)10-12-9-13-7-5-6-8-15(13)18-11-12/h5-11H,3-4H2,1-2H3. The molecule has 1 aromatic heterocycles. The van der Waals surface area contributed by atoms with Crippen LogP contribution in [0.1, 0.15) is 19.4 Å². The first kappa shape index (κ1) is 15.7. The van der Waals surface area contributed by atoms with Crippen molar-refractivity contribution in [1.82, 2.24) is 4.98 Å². The van der Waals surface area contributed by atoms with Crippen molar-refractivity contribution in [3.63, 3.8) is 0 Å². The summed E-state index contributed by atoms with van der Waals surface area (Å²) in [4.78, 5) is 28.1. The highest BCUT2D eigenvalue weighted by atomic mass is 16.6. The van der Waals surface area contributed by atoms with Gasteiger partial charge in [0.2, 0.25) is 0 Å². The minimum Gasteiger partial charge on any atom is -0.462 e. The van der Waals surface area contributed by atoms with Crippen molar-refractivity contribution in [1.29, 1.82) is 0 Å². The van der Waals surface area contributed by atoms with E-state index < -0.39 is 11.9 Å². The predicted octanol–water partition coefficient (Wildman–Crippen LogP) is 2.74. The second-order valence-electron chi connectivity index (χ2n) is 4.46. The molecule has 114 valence electrons. The molecule has 0 N–H and O–H groups in total. The number of hydrogen-bond donors (Lipinski definition) is 0. The molecular formula is C17H17NO4. The van der Waals surface area contributed by atoms with Gasteiger partial charge in [0.15, 0.2) is 0 Å². The lowest BCUT2D eigenvalue weighted by Gasteiger charge is -2.07. The van der Waals surface area contributed by atoms with Crippen molar-refractivity contribution >= 4 is 28.9 Å². The Morgan fingerprint density at radius 1 is 1.09 bits per heavy atom. The maximum absolute atomic E-state index is 11.9. The average molecular weight is 299 g/mol. The Hall–Kier alpha value is -2.69. The fourth-order valence-electron chi connectivity index (χ4n) is 1.95. The number of para-hydroxylation sites is 1. The van der Waals surface area contributed by atoms with Crippen LogP contribution in [-0.4, -0.2) is 30.1 Å². The fraction of sp³-hybridized carbons (Fsp3) is 0.235. The number of esters is 2. The Balaban J connectivity index is 2.41. The molecule has 0 saturated heterocycles. The molecule has 1 heterocycles. The number of nitrogens with zero attached hydrogens (tertiary/aromatic N) is 1. The van der Waals surface area contributed by atoms with Gasteiger partial charge in [0.25, 0.3) is 0 Å². The summed E-state index contributed by atoms with van der Waals surface area (Å²) in [7, 11) is 0. The first-order valence-electron chi connectivity index (χ1n) is 7.06. The van der Waals surface area contributed by atoms with Gasteiger partial charge >= 0.3 is 11.9 Å². The Morgan fingerprint density at radius 3 is 2.36 bits per heavy atom. The molecule has 5 nitrogen and oxygen atoms in total. The Morgan fingerprint density at radius 2 is 1.73 bits per heavy atom. The van der Waals surface area contributed by atoms with Gasteiger partial charge in [-0.05, 0) is 37.6 Å². The molecule has 0 unspecified atom stereocenters. The number of hydrogen-bond acceptors (Lipinski definition) is 5. The molecule has 0 fully saturated rings. The van der Waals surface area contributed by atoms with Crippen molar-refractivity contribution in [2.45, 2.75) is 13.8 Å². The van der Waals surface area contributed by atoms with Crippen LogP contribution >= 0.6 is 0 Å². The first-order valence-corrected chi connectivity index (χ1v) is 7.06. The molecule has 2 aromatic rings. The average Bonchev–Trinajstić information content (AvgIpc) is 2.52. The Bertz CT molecular complexity index is 701. The molecule has 0 saturated carbocycles. The van der Waals surface area contributed by atoms with Crippen LogP contribution in [0.3, 0.4) is 0 Å². The summed E-state index contributed by atoms with van der Waals surface area (Å²) in [5.41, 5.74) is 1.34. The number of pyridine rings is 1. The van der Waals surface area contributed by atoms with Gasteiger partial charge in [-0.1, -0.05) is 18.2 Å². The van der Waals surface area contributed by atoms with Crippen molar-refractivity contribution in [3.8, 4) is 0 Å². The van der Waals surface area contributed by atoms with Crippen LogP contribution in [-0.2, 0) is 19.1 Å². The molecule has 0 bridgehead atoms. The lowest BCUT2D eigenvalue weighted by atomic mass is 10.1. The van der Waals surface area contributed by atoms with E-state index in [0.717, 1.165) is 10.9 Å². The predicted molar refractivity (Wildman–Crippen MR) is 83.0 cm³/mol. The van der Waals surface area contributed by atoms with Crippen molar-refractivity contribution < 1.29 is 19.1 Å². The number of fused-ring (bicyclic) bond motifs is 1. The summed E-state index contributed by atoms with van der Waals surface area (Å²) in [6.45, 7) is 3.73. The third kappa shape index (κ3) is 3.69. The molecule has 0 aliphatic heterocycles. The van der Waals surface area contributed by atoms with Crippen molar-refractivity contribution in [2.75, 3.05) is 13.2 Å². The zero-order chi connectivity index (χ0) is 15.9. The second kappa shape index (κ2) is 7.36. The van der Waals surface area contributed by atoms with Crippen LogP contribution in [0.25, 0.3) is 17.0 Å². The normalized spacial score (nSPS) is 10.1. The van der Waals surface area contributed by atoms with Crippen LogP contribution < -0.4 is 0 Å². The first-order chi connectivity index (χ1) is 10.7. The minimum absolute atomic E-state index is 0.138. The summed E-state index contributed by atoms with van der Waals surface area (Å²) >= 11 is 0. The number of benzene rings is 1. The van der Waals surface area contributed by atoms with E-state index >= 15 is 0 Å². The van der Waals surface area contributed by atoms with E-state index in [4.69, 9.17) is 9.47 Å². The maximum atomic E-state index is 11.9. The smallest absolute Gasteiger partial charge is 0.345 e. The third-order valence-electron chi connectivity index (χ3n) is 2.91. The third-order valence-corrected chi connectivity index (χ3v) is 2.91.